The molecule has 0 bridgehead atoms. The lowest BCUT2D eigenvalue weighted by molar-refractivity contribution is 0.595. The van der Waals surface area contributed by atoms with Crippen LogP contribution in [0.25, 0.3) is 33.2 Å². The molecule has 0 spiro atoms. The normalized spacial score (nSPS) is 12.4. The fraction of sp³-hybridized carbons (Fsp3) is 0.292. The summed E-state index contributed by atoms with van der Waals surface area (Å²) < 4.78 is 6.33. The van der Waals surface area contributed by atoms with Crippen molar-refractivity contribution in [3.63, 3.8) is 0 Å². The summed E-state index contributed by atoms with van der Waals surface area (Å²) in [6.45, 7) is 11.2. The SMILES string of the molecule is CC(C)c1ccnc(-c2ccc(C(C)(C)C)c3c2oc2ccccc23)c1. The Morgan fingerprint density at radius 2 is 1.73 bits per heavy atom. The summed E-state index contributed by atoms with van der Waals surface area (Å²) in [5.41, 5.74) is 6.54. The summed E-state index contributed by atoms with van der Waals surface area (Å²) in [6.07, 6.45) is 1.90. The van der Waals surface area contributed by atoms with Gasteiger partial charge in [-0.1, -0.05) is 58.9 Å². The van der Waals surface area contributed by atoms with Gasteiger partial charge in [-0.15, -0.1) is 0 Å². The van der Waals surface area contributed by atoms with Crippen molar-refractivity contribution in [2.75, 3.05) is 0 Å². The van der Waals surface area contributed by atoms with Crippen molar-refractivity contribution in [3.8, 4) is 11.3 Å². The standard InChI is InChI=1S/C24H25NO/c1-15(2)16-12-13-25-20(14-16)17-10-11-19(24(3,4)5)22-18-8-6-7-9-21(18)26-23(17)22/h6-15H,1-5H3. The number of para-hydroxylation sites is 1. The number of pyridine rings is 1. The first-order valence-electron chi connectivity index (χ1n) is 9.27. The van der Waals surface area contributed by atoms with Crippen LogP contribution in [-0.4, -0.2) is 4.98 Å². The average molecular weight is 343 g/mol. The maximum Gasteiger partial charge on any atom is 0.145 e. The monoisotopic (exact) mass is 343 g/mol. The summed E-state index contributed by atoms with van der Waals surface area (Å²) in [6, 6.07) is 17.0. The van der Waals surface area contributed by atoms with Gasteiger partial charge in [-0.05, 0) is 46.7 Å². The molecule has 2 heteroatoms. The number of benzene rings is 2. The third-order valence-corrected chi connectivity index (χ3v) is 5.06. The van der Waals surface area contributed by atoms with E-state index in [0.717, 1.165) is 22.4 Å². The Kier molecular flexibility index (Phi) is 3.87. The molecule has 0 amide bonds. The highest BCUT2D eigenvalue weighted by Gasteiger charge is 2.23. The van der Waals surface area contributed by atoms with Gasteiger partial charge in [0.25, 0.3) is 0 Å². The molecule has 0 radical (unpaired) electrons. The van der Waals surface area contributed by atoms with Gasteiger partial charge in [0.15, 0.2) is 0 Å². The molecule has 0 aliphatic carbocycles. The van der Waals surface area contributed by atoms with Crippen LogP contribution in [-0.2, 0) is 5.41 Å². The van der Waals surface area contributed by atoms with Gasteiger partial charge in [0.1, 0.15) is 11.2 Å². The molecule has 0 aliphatic rings. The first-order chi connectivity index (χ1) is 12.4. The number of nitrogens with zero attached hydrogens (tertiary/aromatic N) is 1. The molecule has 2 aromatic heterocycles. The first kappa shape index (κ1) is 16.8. The number of fused-ring (bicyclic) bond motifs is 3. The van der Waals surface area contributed by atoms with Gasteiger partial charge in [-0.2, -0.15) is 0 Å². The summed E-state index contributed by atoms with van der Waals surface area (Å²) in [5.74, 6) is 0.469. The molecule has 2 nitrogen and oxygen atoms in total. The van der Waals surface area contributed by atoms with Crippen molar-refractivity contribution in [3.05, 3.63) is 65.9 Å². The van der Waals surface area contributed by atoms with Crippen LogP contribution < -0.4 is 0 Å². The van der Waals surface area contributed by atoms with Crippen molar-refractivity contribution < 1.29 is 4.42 Å². The van der Waals surface area contributed by atoms with Crippen LogP contribution in [0.15, 0.2) is 59.1 Å². The second-order valence-electron chi connectivity index (χ2n) is 8.34. The van der Waals surface area contributed by atoms with Gasteiger partial charge >= 0.3 is 0 Å². The van der Waals surface area contributed by atoms with E-state index in [2.05, 4.69) is 76.0 Å². The smallest absolute Gasteiger partial charge is 0.145 e. The third-order valence-electron chi connectivity index (χ3n) is 5.06. The molecule has 0 unspecified atom stereocenters. The van der Waals surface area contributed by atoms with E-state index in [-0.39, 0.29) is 5.41 Å². The molecule has 0 aliphatic heterocycles. The summed E-state index contributed by atoms with van der Waals surface area (Å²) in [5, 5.41) is 2.39. The minimum absolute atomic E-state index is 0.0383. The molecule has 0 saturated heterocycles. The molecular weight excluding hydrogens is 318 g/mol. The Labute approximate surface area is 154 Å². The molecule has 26 heavy (non-hydrogen) atoms. The van der Waals surface area contributed by atoms with Gasteiger partial charge in [-0.3, -0.25) is 4.98 Å². The van der Waals surface area contributed by atoms with E-state index in [1.807, 2.05) is 18.3 Å². The van der Waals surface area contributed by atoms with Crippen molar-refractivity contribution in [1.82, 2.24) is 4.98 Å². The van der Waals surface area contributed by atoms with Crippen molar-refractivity contribution in [1.29, 1.82) is 0 Å². The zero-order valence-corrected chi connectivity index (χ0v) is 16.1. The maximum absolute atomic E-state index is 6.33. The van der Waals surface area contributed by atoms with Gasteiger partial charge < -0.3 is 4.42 Å². The lowest BCUT2D eigenvalue weighted by Crippen LogP contribution is -2.11. The number of hydrogen-bond donors (Lipinski definition) is 0. The second-order valence-corrected chi connectivity index (χ2v) is 8.34. The Hall–Kier alpha value is -2.61. The topological polar surface area (TPSA) is 26.0 Å². The van der Waals surface area contributed by atoms with Gasteiger partial charge in [0, 0.05) is 22.5 Å². The highest BCUT2D eigenvalue weighted by molar-refractivity contribution is 6.11. The zero-order chi connectivity index (χ0) is 18.5. The Balaban J connectivity index is 2.08. The van der Waals surface area contributed by atoms with E-state index in [1.165, 1.54) is 21.9 Å². The Morgan fingerprint density at radius 3 is 2.46 bits per heavy atom. The van der Waals surface area contributed by atoms with Crippen molar-refractivity contribution in [2.45, 2.75) is 46.0 Å². The lowest BCUT2D eigenvalue weighted by Gasteiger charge is -2.21. The summed E-state index contributed by atoms with van der Waals surface area (Å²) in [4.78, 5) is 4.64. The first-order valence-corrected chi connectivity index (χ1v) is 9.27. The largest absolute Gasteiger partial charge is 0.455 e. The third kappa shape index (κ3) is 2.70. The highest BCUT2D eigenvalue weighted by atomic mass is 16.3. The van der Waals surface area contributed by atoms with Crippen molar-refractivity contribution >= 4 is 21.9 Å². The van der Waals surface area contributed by atoms with Crippen LogP contribution in [0.3, 0.4) is 0 Å². The fourth-order valence-corrected chi connectivity index (χ4v) is 3.61. The molecule has 4 aromatic rings. The number of rotatable bonds is 2. The van der Waals surface area contributed by atoms with E-state index < -0.39 is 0 Å². The van der Waals surface area contributed by atoms with Gasteiger partial charge in [-0.25, -0.2) is 0 Å². The van der Waals surface area contributed by atoms with Gasteiger partial charge in [0.05, 0.1) is 5.69 Å². The van der Waals surface area contributed by atoms with Crippen LogP contribution >= 0.6 is 0 Å². The molecule has 0 N–H and O–H groups in total. The molecular formula is C24H25NO. The van der Waals surface area contributed by atoms with E-state index >= 15 is 0 Å². The second kappa shape index (κ2) is 5.98. The molecule has 132 valence electrons. The Morgan fingerprint density at radius 1 is 0.962 bits per heavy atom. The van der Waals surface area contributed by atoms with Gasteiger partial charge in [0.2, 0.25) is 0 Å². The molecule has 0 saturated carbocycles. The van der Waals surface area contributed by atoms with Crippen LogP contribution in [0, 0.1) is 0 Å². The van der Waals surface area contributed by atoms with Crippen LogP contribution in [0.5, 0.6) is 0 Å². The fourth-order valence-electron chi connectivity index (χ4n) is 3.61. The van der Waals surface area contributed by atoms with Crippen LogP contribution in [0.2, 0.25) is 0 Å². The molecule has 2 aromatic carbocycles. The predicted molar refractivity (Wildman–Crippen MR) is 110 cm³/mol. The average Bonchev–Trinajstić information content (AvgIpc) is 2.99. The van der Waals surface area contributed by atoms with E-state index in [0.29, 0.717) is 5.92 Å². The summed E-state index contributed by atoms with van der Waals surface area (Å²) in [7, 11) is 0. The number of furan rings is 1. The molecule has 4 rings (SSSR count). The minimum Gasteiger partial charge on any atom is -0.455 e. The number of aromatic nitrogens is 1. The highest BCUT2D eigenvalue weighted by Crippen LogP contribution is 2.41. The van der Waals surface area contributed by atoms with E-state index in [4.69, 9.17) is 4.42 Å². The lowest BCUT2D eigenvalue weighted by atomic mass is 9.83. The molecule has 0 atom stereocenters. The Bertz CT molecular complexity index is 1100. The van der Waals surface area contributed by atoms with E-state index in [9.17, 15) is 0 Å². The summed E-state index contributed by atoms with van der Waals surface area (Å²) >= 11 is 0. The predicted octanol–water partition coefficient (Wildman–Crippen LogP) is 7.07. The quantitative estimate of drug-likeness (QED) is 0.389. The van der Waals surface area contributed by atoms with Crippen molar-refractivity contribution in [2.24, 2.45) is 0 Å². The number of hydrogen-bond acceptors (Lipinski definition) is 2. The van der Waals surface area contributed by atoms with E-state index in [1.54, 1.807) is 0 Å². The maximum atomic E-state index is 6.33. The zero-order valence-electron chi connectivity index (χ0n) is 16.1. The molecule has 2 heterocycles. The van der Waals surface area contributed by atoms with Crippen LogP contribution in [0.4, 0.5) is 0 Å². The van der Waals surface area contributed by atoms with Crippen LogP contribution in [0.1, 0.15) is 51.7 Å². The minimum atomic E-state index is 0.0383. The molecule has 0 fully saturated rings.